The predicted molar refractivity (Wildman–Crippen MR) is 102 cm³/mol. The number of carbonyl (C=O) groups excluding carboxylic acids is 1. The number of nitrogens with zero attached hydrogens (tertiary/aromatic N) is 2. The summed E-state index contributed by atoms with van der Waals surface area (Å²) >= 11 is 0. The number of hydrogen-bond acceptors (Lipinski definition) is 4. The lowest BCUT2D eigenvalue weighted by atomic mass is 9.94. The molecule has 1 aromatic rings. The highest BCUT2D eigenvalue weighted by molar-refractivity contribution is 6.05. The fourth-order valence-corrected chi connectivity index (χ4v) is 4.06. The first-order chi connectivity index (χ1) is 12.6. The minimum Gasteiger partial charge on any atom is -0.379 e. The molecule has 1 atom stereocenters. The van der Waals surface area contributed by atoms with Gasteiger partial charge < -0.3 is 15.1 Å². The maximum Gasteiger partial charge on any atom is 0.267 e. The van der Waals surface area contributed by atoms with Crippen molar-refractivity contribution in [2.45, 2.75) is 51.0 Å². The standard InChI is InChI=1S/C21H29N3O2/c1-20(14-18(23-26-20)17-8-4-2-5-9-17)19(25)22-15-21(10-11-21)16-24-12-6-3-7-13-24/h2,4-5,8-9H,3,6-7,10-16H2,1H3,(H,22,25). The van der Waals surface area contributed by atoms with Crippen LogP contribution < -0.4 is 5.32 Å². The fraction of sp³-hybridized carbons (Fsp3) is 0.619. The van der Waals surface area contributed by atoms with E-state index < -0.39 is 5.60 Å². The molecule has 5 heteroatoms. The van der Waals surface area contributed by atoms with Crippen LogP contribution in [0.25, 0.3) is 0 Å². The van der Waals surface area contributed by atoms with Crippen LogP contribution in [0.1, 0.15) is 51.0 Å². The van der Waals surface area contributed by atoms with E-state index in [0.29, 0.717) is 6.42 Å². The molecule has 0 spiro atoms. The third-order valence-electron chi connectivity index (χ3n) is 6.04. The molecule has 1 aromatic carbocycles. The summed E-state index contributed by atoms with van der Waals surface area (Å²) < 4.78 is 0. The van der Waals surface area contributed by atoms with Gasteiger partial charge in [-0.05, 0) is 51.3 Å². The highest BCUT2D eigenvalue weighted by atomic mass is 16.7. The van der Waals surface area contributed by atoms with E-state index in [1.807, 2.05) is 37.3 Å². The largest absolute Gasteiger partial charge is 0.379 e. The molecule has 1 unspecified atom stereocenters. The second-order valence-corrected chi connectivity index (χ2v) is 8.42. The predicted octanol–water partition coefficient (Wildman–Crippen LogP) is 2.95. The Morgan fingerprint density at radius 1 is 1.19 bits per heavy atom. The van der Waals surface area contributed by atoms with Crippen molar-refractivity contribution in [1.82, 2.24) is 10.2 Å². The van der Waals surface area contributed by atoms with Crippen LogP contribution in [0.2, 0.25) is 0 Å². The van der Waals surface area contributed by atoms with Crippen molar-refractivity contribution < 1.29 is 9.63 Å². The highest BCUT2D eigenvalue weighted by Gasteiger charge is 2.47. The molecule has 1 amide bonds. The molecule has 4 rings (SSSR count). The van der Waals surface area contributed by atoms with Gasteiger partial charge in [-0.25, -0.2) is 0 Å². The third kappa shape index (κ3) is 3.78. The number of nitrogens with one attached hydrogen (secondary N) is 1. The first-order valence-corrected chi connectivity index (χ1v) is 9.90. The van der Waals surface area contributed by atoms with Gasteiger partial charge in [-0.2, -0.15) is 0 Å². The molecule has 0 aromatic heterocycles. The lowest BCUT2D eigenvalue weighted by Gasteiger charge is -2.31. The molecule has 0 radical (unpaired) electrons. The maximum atomic E-state index is 12.8. The van der Waals surface area contributed by atoms with Gasteiger partial charge in [0.2, 0.25) is 5.60 Å². The number of likely N-dealkylation sites (tertiary alicyclic amines) is 1. The van der Waals surface area contributed by atoms with Gasteiger partial charge in [-0.3, -0.25) is 4.79 Å². The van der Waals surface area contributed by atoms with Gasteiger partial charge in [0.1, 0.15) is 0 Å². The van der Waals surface area contributed by atoms with E-state index in [1.165, 1.54) is 45.2 Å². The zero-order valence-electron chi connectivity index (χ0n) is 15.7. The number of benzene rings is 1. The number of rotatable bonds is 6. The summed E-state index contributed by atoms with van der Waals surface area (Å²) in [6, 6.07) is 9.94. The number of hydrogen-bond donors (Lipinski definition) is 1. The second kappa shape index (κ2) is 7.03. The van der Waals surface area contributed by atoms with E-state index >= 15 is 0 Å². The average molecular weight is 355 g/mol. The molecule has 1 aliphatic carbocycles. The Kier molecular flexibility index (Phi) is 4.74. The van der Waals surface area contributed by atoms with Crippen LogP contribution in [0.3, 0.4) is 0 Å². The van der Waals surface area contributed by atoms with E-state index in [1.54, 1.807) is 0 Å². The fourth-order valence-electron chi connectivity index (χ4n) is 4.06. The Morgan fingerprint density at radius 2 is 1.92 bits per heavy atom. The number of oxime groups is 1. The van der Waals surface area contributed by atoms with Crippen molar-refractivity contribution in [2.75, 3.05) is 26.2 Å². The van der Waals surface area contributed by atoms with Crippen molar-refractivity contribution >= 4 is 11.6 Å². The summed E-state index contributed by atoms with van der Waals surface area (Å²) in [6.07, 6.45) is 6.93. The lowest BCUT2D eigenvalue weighted by molar-refractivity contribution is -0.142. The van der Waals surface area contributed by atoms with Gasteiger partial charge in [-0.1, -0.05) is 41.9 Å². The van der Waals surface area contributed by atoms with Gasteiger partial charge in [0.05, 0.1) is 5.71 Å². The summed E-state index contributed by atoms with van der Waals surface area (Å²) in [6.45, 7) is 6.14. The summed E-state index contributed by atoms with van der Waals surface area (Å²) in [5.41, 5.74) is 1.25. The molecular weight excluding hydrogens is 326 g/mol. The Balaban J connectivity index is 1.30. The second-order valence-electron chi connectivity index (χ2n) is 8.42. The minimum atomic E-state index is -0.896. The van der Waals surface area contributed by atoms with E-state index in [-0.39, 0.29) is 11.3 Å². The van der Waals surface area contributed by atoms with Crippen LogP contribution in [0.4, 0.5) is 0 Å². The first kappa shape index (κ1) is 17.5. The van der Waals surface area contributed by atoms with E-state index in [4.69, 9.17) is 4.84 Å². The van der Waals surface area contributed by atoms with Crippen LogP contribution in [-0.4, -0.2) is 48.3 Å². The topological polar surface area (TPSA) is 53.9 Å². The monoisotopic (exact) mass is 355 g/mol. The van der Waals surface area contributed by atoms with Crippen LogP contribution in [0, 0.1) is 5.41 Å². The van der Waals surface area contributed by atoms with Crippen molar-refractivity contribution in [3.8, 4) is 0 Å². The number of carbonyl (C=O) groups is 1. The van der Waals surface area contributed by atoms with Crippen molar-refractivity contribution in [3.05, 3.63) is 35.9 Å². The molecule has 2 heterocycles. The van der Waals surface area contributed by atoms with Crippen LogP contribution in [0.5, 0.6) is 0 Å². The van der Waals surface area contributed by atoms with Gasteiger partial charge in [0.25, 0.3) is 5.91 Å². The summed E-state index contributed by atoms with van der Waals surface area (Å²) in [7, 11) is 0. The summed E-state index contributed by atoms with van der Waals surface area (Å²) in [4.78, 5) is 20.9. The average Bonchev–Trinajstić information content (AvgIpc) is 3.32. The molecule has 5 nitrogen and oxygen atoms in total. The van der Waals surface area contributed by atoms with Gasteiger partial charge in [0.15, 0.2) is 0 Å². The van der Waals surface area contributed by atoms with E-state index in [9.17, 15) is 4.79 Å². The molecule has 140 valence electrons. The lowest BCUT2D eigenvalue weighted by Crippen LogP contribution is -2.48. The van der Waals surface area contributed by atoms with E-state index in [2.05, 4.69) is 15.4 Å². The first-order valence-electron chi connectivity index (χ1n) is 9.90. The zero-order chi connectivity index (χ0) is 18.0. The highest BCUT2D eigenvalue weighted by Crippen LogP contribution is 2.46. The quantitative estimate of drug-likeness (QED) is 0.854. The van der Waals surface area contributed by atoms with Crippen molar-refractivity contribution in [3.63, 3.8) is 0 Å². The Bertz CT molecular complexity index is 678. The van der Waals surface area contributed by atoms with E-state index in [0.717, 1.165) is 24.4 Å². The normalized spacial score (nSPS) is 27.5. The van der Waals surface area contributed by atoms with Crippen molar-refractivity contribution in [1.29, 1.82) is 0 Å². The molecule has 1 saturated carbocycles. The molecule has 1 N–H and O–H groups in total. The van der Waals surface area contributed by atoms with Gasteiger partial charge in [0, 0.05) is 24.9 Å². The SMILES string of the molecule is CC1(C(=O)NCC2(CN3CCCCC3)CC2)CC(c2ccccc2)=NO1. The zero-order valence-corrected chi connectivity index (χ0v) is 15.7. The molecule has 26 heavy (non-hydrogen) atoms. The smallest absolute Gasteiger partial charge is 0.267 e. The number of piperidine rings is 1. The molecule has 2 fully saturated rings. The Hall–Kier alpha value is -1.88. The van der Waals surface area contributed by atoms with Crippen LogP contribution >= 0.6 is 0 Å². The third-order valence-corrected chi connectivity index (χ3v) is 6.04. The van der Waals surface area contributed by atoms with Gasteiger partial charge >= 0.3 is 0 Å². The minimum absolute atomic E-state index is 0.0444. The number of amides is 1. The Labute approximate surface area is 155 Å². The molecule has 1 saturated heterocycles. The summed E-state index contributed by atoms with van der Waals surface area (Å²) in [5, 5.41) is 7.35. The molecule has 3 aliphatic rings. The summed E-state index contributed by atoms with van der Waals surface area (Å²) in [5.74, 6) is -0.0444. The van der Waals surface area contributed by atoms with Crippen LogP contribution in [-0.2, 0) is 9.63 Å². The molecule has 2 aliphatic heterocycles. The van der Waals surface area contributed by atoms with Gasteiger partial charge in [-0.15, -0.1) is 0 Å². The Morgan fingerprint density at radius 3 is 2.62 bits per heavy atom. The maximum absolute atomic E-state index is 12.8. The molecular formula is C21H29N3O2. The van der Waals surface area contributed by atoms with Crippen LogP contribution in [0.15, 0.2) is 35.5 Å². The van der Waals surface area contributed by atoms with Crippen molar-refractivity contribution in [2.24, 2.45) is 10.6 Å². The molecule has 0 bridgehead atoms.